The summed E-state index contributed by atoms with van der Waals surface area (Å²) in [6.07, 6.45) is 0.820. The van der Waals surface area contributed by atoms with Gasteiger partial charge in [-0.3, -0.25) is 4.79 Å². The number of hydrogen-bond acceptors (Lipinski definition) is 4. The molecule has 0 aliphatic carbocycles. The summed E-state index contributed by atoms with van der Waals surface area (Å²) >= 11 is 0. The fourth-order valence-corrected chi connectivity index (χ4v) is 0.967. The van der Waals surface area contributed by atoms with E-state index in [0.29, 0.717) is 0 Å². The largest absolute Gasteiger partial charge is 0.467 e. The van der Waals surface area contributed by atoms with Gasteiger partial charge >= 0.3 is 5.97 Å². The molecule has 16 heavy (non-hydrogen) atoms. The number of amides is 1. The van der Waals surface area contributed by atoms with E-state index in [4.69, 9.17) is 4.74 Å². The average Bonchev–Trinajstić information content (AvgIpc) is 2.22. The molecule has 0 aromatic heterocycles. The minimum absolute atomic E-state index is 0.118. The summed E-state index contributed by atoms with van der Waals surface area (Å²) in [7, 11) is 1.28. The summed E-state index contributed by atoms with van der Waals surface area (Å²) < 4.78 is 10.1. The first kappa shape index (κ1) is 14.9. The predicted molar refractivity (Wildman–Crippen MR) is 59.9 cm³/mol. The van der Waals surface area contributed by atoms with Crippen LogP contribution < -0.4 is 5.32 Å². The zero-order valence-electron chi connectivity index (χ0n) is 10.6. The smallest absolute Gasteiger partial charge is 0.330 e. The van der Waals surface area contributed by atoms with Gasteiger partial charge in [-0.25, -0.2) is 4.79 Å². The van der Waals surface area contributed by atoms with E-state index >= 15 is 0 Å². The van der Waals surface area contributed by atoms with Crippen molar-refractivity contribution in [3.8, 4) is 0 Å². The topological polar surface area (TPSA) is 64.6 Å². The maximum atomic E-state index is 11.3. The van der Waals surface area contributed by atoms with Gasteiger partial charge in [0, 0.05) is 6.92 Å². The molecule has 0 radical (unpaired) electrons. The maximum absolute atomic E-state index is 11.3. The first-order valence-electron chi connectivity index (χ1n) is 5.31. The Morgan fingerprint density at radius 3 is 2.31 bits per heavy atom. The molecule has 5 heteroatoms. The molecule has 0 aromatic rings. The Morgan fingerprint density at radius 2 is 1.94 bits per heavy atom. The second-order valence-corrected chi connectivity index (χ2v) is 4.20. The van der Waals surface area contributed by atoms with Crippen LogP contribution in [0.25, 0.3) is 0 Å². The minimum Gasteiger partial charge on any atom is -0.467 e. The number of hydrogen-bond donors (Lipinski definition) is 1. The Bertz CT molecular complexity index is 250. The number of methoxy groups -OCH3 is 1. The molecule has 0 saturated carbocycles. The third-order valence-corrected chi connectivity index (χ3v) is 2.36. The molecule has 1 N–H and O–H groups in total. The standard InChI is InChI=1S/C11H21NO4/c1-6-11(3,4)16-7-9(10(14)15-5)12-8(2)13/h9H,6-7H2,1-5H3,(H,12,13). The Kier molecular flexibility index (Phi) is 6.03. The van der Waals surface area contributed by atoms with Crippen molar-refractivity contribution in [2.24, 2.45) is 0 Å². The predicted octanol–water partition coefficient (Wildman–Crippen LogP) is 0.869. The highest BCUT2D eigenvalue weighted by atomic mass is 16.5. The van der Waals surface area contributed by atoms with Gasteiger partial charge < -0.3 is 14.8 Å². The van der Waals surface area contributed by atoms with Crippen molar-refractivity contribution in [3.05, 3.63) is 0 Å². The van der Waals surface area contributed by atoms with E-state index in [0.717, 1.165) is 6.42 Å². The monoisotopic (exact) mass is 231 g/mol. The molecule has 1 unspecified atom stereocenters. The molecule has 94 valence electrons. The van der Waals surface area contributed by atoms with E-state index in [1.165, 1.54) is 14.0 Å². The van der Waals surface area contributed by atoms with E-state index in [1.54, 1.807) is 0 Å². The van der Waals surface area contributed by atoms with Crippen LogP contribution in [0.5, 0.6) is 0 Å². The van der Waals surface area contributed by atoms with Crippen molar-refractivity contribution in [2.45, 2.75) is 45.8 Å². The van der Waals surface area contributed by atoms with E-state index in [9.17, 15) is 9.59 Å². The second kappa shape index (κ2) is 6.48. The molecule has 0 spiro atoms. The molecule has 5 nitrogen and oxygen atoms in total. The lowest BCUT2D eigenvalue weighted by Crippen LogP contribution is -2.45. The lowest BCUT2D eigenvalue weighted by molar-refractivity contribution is -0.148. The van der Waals surface area contributed by atoms with Crippen LogP contribution in [0, 0.1) is 0 Å². The van der Waals surface area contributed by atoms with Crippen molar-refractivity contribution in [1.29, 1.82) is 0 Å². The maximum Gasteiger partial charge on any atom is 0.330 e. The zero-order valence-corrected chi connectivity index (χ0v) is 10.6. The molecule has 0 heterocycles. The van der Waals surface area contributed by atoms with Gasteiger partial charge in [0.25, 0.3) is 0 Å². The van der Waals surface area contributed by atoms with Gasteiger partial charge in [-0.2, -0.15) is 0 Å². The average molecular weight is 231 g/mol. The first-order valence-corrected chi connectivity index (χ1v) is 5.31. The lowest BCUT2D eigenvalue weighted by atomic mass is 10.1. The van der Waals surface area contributed by atoms with E-state index < -0.39 is 12.0 Å². The molecule has 1 atom stereocenters. The minimum atomic E-state index is -0.742. The highest BCUT2D eigenvalue weighted by Crippen LogP contribution is 2.13. The molecular formula is C11H21NO4. The molecule has 0 bridgehead atoms. The molecule has 0 saturated heterocycles. The fraction of sp³-hybridized carbons (Fsp3) is 0.818. The lowest BCUT2D eigenvalue weighted by Gasteiger charge is -2.26. The van der Waals surface area contributed by atoms with Gasteiger partial charge in [-0.05, 0) is 20.3 Å². The Hall–Kier alpha value is -1.10. The van der Waals surface area contributed by atoms with Gasteiger partial charge in [0.15, 0.2) is 6.04 Å². The van der Waals surface area contributed by atoms with Crippen molar-refractivity contribution in [3.63, 3.8) is 0 Å². The van der Waals surface area contributed by atoms with Gasteiger partial charge in [0.05, 0.1) is 19.3 Å². The van der Waals surface area contributed by atoms with Gasteiger partial charge in [0.1, 0.15) is 0 Å². The Balaban J connectivity index is 4.32. The Labute approximate surface area is 96.5 Å². The SMILES string of the molecule is CCC(C)(C)OCC(NC(C)=O)C(=O)OC. The highest BCUT2D eigenvalue weighted by Gasteiger charge is 2.24. The van der Waals surface area contributed by atoms with Gasteiger partial charge in [-0.15, -0.1) is 0 Å². The molecule has 0 aliphatic heterocycles. The third-order valence-electron chi connectivity index (χ3n) is 2.36. The van der Waals surface area contributed by atoms with Crippen molar-refractivity contribution < 1.29 is 19.1 Å². The van der Waals surface area contributed by atoms with Crippen LogP contribution in [-0.4, -0.2) is 37.2 Å². The number of nitrogens with one attached hydrogen (secondary N) is 1. The van der Waals surface area contributed by atoms with Crippen molar-refractivity contribution in [1.82, 2.24) is 5.32 Å². The Morgan fingerprint density at radius 1 is 1.38 bits per heavy atom. The molecule has 0 rings (SSSR count). The number of rotatable bonds is 6. The summed E-state index contributed by atoms with van der Waals surface area (Å²) in [4.78, 5) is 22.2. The van der Waals surface area contributed by atoms with Crippen LogP contribution in [0.3, 0.4) is 0 Å². The van der Waals surface area contributed by atoms with Crippen LogP contribution in [0.2, 0.25) is 0 Å². The normalized spacial score (nSPS) is 13.1. The molecular weight excluding hydrogens is 210 g/mol. The highest BCUT2D eigenvalue weighted by molar-refractivity contribution is 5.83. The van der Waals surface area contributed by atoms with Crippen LogP contribution in [0.15, 0.2) is 0 Å². The quantitative estimate of drug-likeness (QED) is 0.689. The third kappa shape index (κ3) is 5.70. The second-order valence-electron chi connectivity index (χ2n) is 4.20. The summed E-state index contributed by atoms with van der Waals surface area (Å²) in [5.41, 5.74) is -0.315. The molecule has 0 fully saturated rings. The number of carbonyl (C=O) groups is 2. The molecule has 0 aromatic carbocycles. The van der Waals surface area contributed by atoms with Crippen molar-refractivity contribution >= 4 is 11.9 Å². The van der Waals surface area contributed by atoms with Gasteiger partial charge in [0.2, 0.25) is 5.91 Å². The number of carbonyl (C=O) groups excluding carboxylic acids is 2. The molecule has 1 amide bonds. The van der Waals surface area contributed by atoms with E-state index in [1.807, 2.05) is 20.8 Å². The first-order chi connectivity index (χ1) is 7.32. The molecule has 0 aliphatic rings. The van der Waals surface area contributed by atoms with Crippen LogP contribution in [0.4, 0.5) is 0 Å². The fourth-order valence-electron chi connectivity index (χ4n) is 0.967. The van der Waals surface area contributed by atoms with Crippen LogP contribution >= 0.6 is 0 Å². The van der Waals surface area contributed by atoms with Crippen LogP contribution in [0.1, 0.15) is 34.1 Å². The summed E-state index contributed by atoms with van der Waals surface area (Å²) in [6.45, 7) is 7.31. The zero-order chi connectivity index (χ0) is 12.8. The van der Waals surface area contributed by atoms with Gasteiger partial charge in [-0.1, -0.05) is 6.92 Å². The summed E-state index contributed by atoms with van der Waals surface area (Å²) in [5, 5.41) is 2.49. The summed E-state index contributed by atoms with van der Waals surface area (Å²) in [5.74, 6) is -0.782. The van der Waals surface area contributed by atoms with Crippen LogP contribution in [-0.2, 0) is 19.1 Å². The van der Waals surface area contributed by atoms with Crippen molar-refractivity contribution in [2.75, 3.05) is 13.7 Å². The number of ether oxygens (including phenoxy) is 2. The number of esters is 1. The summed E-state index contributed by atoms with van der Waals surface area (Å²) in [6, 6.07) is -0.742. The van der Waals surface area contributed by atoms with E-state index in [2.05, 4.69) is 10.1 Å². The van der Waals surface area contributed by atoms with E-state index in [-0.39, 0.29) is 18.1 Å².